The van der Waals surface area contributed by atoms with E-state index in [9.17, 15) is 10.1 Å². The van der Waals surface area contributed by atoms with Crippen molar-refractivity contribution in [2.75, 3.05) is 0 Å². The lowest BCUT2D eigenvalue weighted by molar-refractivity contribution is -0.384. The van der Waals surface area contributed by atoms with Crippen LogP contribution in [0.1, 0.15) is 0 Å². The number of fused-ring (bicyclic) bond motifs is 5. The van der Waals surface area contributed by atoms with Crippen molar-refractivity contribution in [3.63, 3.8) is 0 Å². The van der Waals surface area contributed by atoms with Crippen LogP contribution in [0.5, 0.6) is 0 Å². The first-order chi connectivity index (χ1) is 13.1. The minimum absolute atomic E-state index is 0.111. The summed E-state index contributed by atoms with van der Waals surface area (Å²) < 4.78 is 3.35. The molecular weight excluding hydrogens is 422 g/mol. The van der Waals surface area contributed by atoms with Crippen LogP contribution >= 0.6 is 27.3 Å². The van der Waals surface area contributed by atoms with E-state index in [1.54, 1.807) is 29.5 Å². The van der Waals surface area contributed by atoms with Gasteiger partial charge in [0, 0.05) is 30.7 Å². The lowest BCUT2D eigenvalue weighted by Crippen LogP contribution is -1.92. The van der Waals surface area contributed by atoms with Gasteiger partial charge in [0.15, 0.2) is 0 Å². The molecule has 0 saturated heterocycles. The molecule has 4 aromatic carbocycles. The fourth-order valence-corrected chi connectivity index (χ4v) is 5.10. The lowest BCUT2D eigenvalue weighted by atomic mass is 9.97. The first-order valence-electron chi connectivity index (χ1n) is 8.40. The molecule has 0 aliphatic carbocycles. The highest BCUT2D eigenvalue weighted by molar-refractivity contribution is 9.10. The maximum absolute atomic E-state index is 11.4. The van der Waals surface area contributed by atoms with Crippen LogP contribution in [0.25, 0.3) is 42.1 Å². The minimum Gasteiger partial charge on any atom is -0.258 e. The fraction of sp³-hybridized carbons (Fsp3) is 0. The summed E-state index contributed by atoms with van der Waals surface area (Å²) in [5.74, 6) is 0. The monoisotopic (exact) mass is 433 g/mol. The summed E-state index contributed by atoms with van der Waals surface area (Å²) in [5.41, 5.74) is 1.57. The molecule has 0 bridgehead atoms. The number of hydrogen-bond donors (Lipinski definition) is 0. The van der Waals surface area contributed by atoms with Crippen LogP contribution in [0.15, 0.2) is 77.3 Å². The van der Waals surface area contributed by atoms with Crippen molar-refractivity contribution in [3.8, 4) is 11.1 Å². The molecule has 27 heavy (non-hydrogen) atoms. The molecule has 0 aliphatic rings. The molecule has 0 amide bonds. The van der Waals surface area contributed by atoms with Crippen molar-refractivity contribution >= 4 is 63.9 Å². The molecule has 130 valence electrons. The second-order valence-electron chi connectivity index (χ2n) is 6.39. The molecule has 5 rings (SSSR count). The van der Waals surface area contributed by atoms with Crippen molar-refractivity contribution in [2.24, 2.45) is 0 Å². The van der Waals surface area contributed by atoms with Gasteiger partial charge in [-0.15, -0.1) is 11.3 Å². The Bertz CT molecular complexity index is 1370. The molecule has 0 aliphatic heterocycles. The standard InChI is InChI=1S/C22H12BrNO2S/c23-15-7-9-19(24(25)26)18(12-15)14-5-8-16-13(11-14)6-10-21-22(16)17-3-1-2-4-20(17)27-21/h1-12H. The van der Waals surface area contributed by atoms with E-state index in [4.69, 9.17) is 0 Å². The average molecular weight is 434 g/mol. The zero-order valence-electron chi connectivity index (χ0n) is 14.0. The first kappa shape index (κ1) is 16.4. The Kier molecular flexibility index (Phi) is 3.74. The van der Waals surface area contributed by atoms with Crippen LogP contribution in [0.4, 0.5) is 5.69 Å². The van der Waals surface area contributed by atoms with Crippen molar-refractivity contribution in [3.05, 3.63) is 87.4 Å². The van der Waals surface area contributed by atoms with Crippen molar-refractivity contribution < 1.29 is 4.92 Å². The van der Waals surface area contributed by atoms with E-state index >= 15 is 0 Å². The highest BCUT2D eigenvalue weighted by Gasteiger charge is 2.16. The van der Waals surface area contributed by atoms with Gasteiger partial charge >= 0.3 is 0 Å². The maximum Gasteiger partial charge on any atom is 0.277 e. The number of halogens is 1. The predicted molar refractivity (Wildman–Crippen MR) is 117 cm³/mol. The number of nitro benzene ring substituents is 1. The van der Waals surface area contributed by atoms with Gasteiger partial charge in [-0.05, 0) is 46.7 Å². The second kappa shape index (κ2) is 6.15. The number of benzene rings is 4. The molecule has 3 nitrogen and oxygen atoms in total. The summed E-state index contributed by atoms with van der Waals surface area (Å²) in [6.45, 7) is 0. The van der Waals surface area contributed by atoms with Gasteiger partial charge in [0.25, 0.3) is 5.69 Å². The van der Waals surface area contributed by atoms with Gasteiger partial charge in [0.1, 0.15) is 0 Å². The average Bonchev–Trinajstić information content (AvgIpc) is 3.06. The molecular formula is C22H12BrNO2S. The molecule has 0 atom stereocenters. The molecule has 0 radical (unpaired) electrons. The molecule has 0 unspecified atom stereocenters. The number of nitro groups is 1. The van der Waals surface area contributed by atoms with Gasteiger partial charge < -0.3 is 0 Å². The third kappa shape index (κ3) is 2.62. The number of hydrogen-bond acceptors (Lipinski definition) is 3. The number of rotatable bonds is 2. The minimum atomic E-state index is -0.332. The third-order valence-electron chi connectivity index (χ3n) is 4.82. The molecule has 0 fully saturated rings. The van der Waals surface area contributed by atoms with E-state index in [0.717, 1.165) is 15.4 Å². The van der Waals surface area contributed by atoms with Crippen LogP contribution in [-0.2, 0) is 0 Å². The van der Waals surface area contributed by atoms with Gasteiger partial charge in [-0.25, -0.2) is 0 Å². The molecule has 0 N–H and O–H groups in total. The Morgan fingerprint density at radius 3 is 2.56 bits per heavy atom. The number of nitrogens with zero attached hydrogens (tertiary/aromatic N) is 1. The summed E-state index contributed by atoms with van der Waals surface area (Å²) in [6.07, 6.45) is 0. The van der Waals surface area contributed by atoms with Crippen LogP contribution in [0.2, 0.25) is 0 Å². The SMILES string of the molecule is O=[N+]([O-])c1ccc(Br)cc1-c1ccc2c(ccc3sc4ccccc4c32)c1. The van der Waals surface area contributed by atoms with Gasteiger partial charge in [-0.3, -0.25) is 10.1 Å². The summed E-state index contributed by atoms with van der Waals surface area (Å²) in [6, 6.07) is 23.8. The van der Waals surface area contributed by atoms with Crippen molar-refractivity contribution in [1.82, 2.24) is 0 Å². The third-order valence-corrected chi connectivity index (χ3v) is 6.45. The molecule has 0 spiro atoms. The van der Waals surface area contributed by atoms with E-state index in [1.807, 2.05) is 12.1 Å². The molecule has 5 aromatic rings. The Hall–Kier alpha value is -2.76. The van der Waals surface area contributed by atoms with E-state index in [-0.39, 0.29) is 10.6 Å². The Labute approximate surface area is 167 Å². The zero-order valence-corrected chi connectivity index (χ0v) is 16.4. The van der Waals surface area contributed by atoms with Gasteiger partial charge in [0.05, 0.1) is 10.5 Å². The van der Waals surface area contributed by atoms with Gasteiger partial charge in [0.2, 0.25) is 0 Å². The van der Waals surface area contributed by atoms with E-state index in [1.165, 1.54) is 25.6 Å². The molecule has 0 saturated carbocycles. The Morgan fingerprint density at radius 1 is 0.852 bits per heavy atom. The molecule has 1 aromatic heterocycles. The topological polar surface area (TPSA) is 43.1 Å². The largest absolute Gasteiger partial charge is 0.277 e. The Balaban J connectivity index is 1.80. The first-order valence-corrected chi connectivity index (χ1v) is 10.0. The zero-order chi connectivity index (χ0) is 18.5. The van der Waals surface area contributed by atoms with Crippen LogP contribution < -0.4 is 0 Å². The normalized spacial score (nSPS) is 11.4. The maximum atomic E-state index is 11.4. The highest BCUT2D eigenvalue weighted by Crippen LogP contribution is 2.40. The predicted octanol–water partition coefficient (Wildman–Crippen LogP) is 7.55. The smallest absolute Gasteiger partial charge is 0.258 e. The Morgan fingerprint density at radius 2 is 1.70 bits per heavy atom. The second-order valence-corrected chi connectivity index (χ2v) is 8.39. The fourth-order valence-electron chi connectivity index (χ4n) is 3.62. The van der Waals surface area contributed by atoms with Crippen LogP contribution in [0, 0.1) is 10.1 Å². The van der Waals surface area contributed by atoms with Gasteiger partial charge in [-0.1, -0.05) is 52.3 Å². The lowest BCUT2D eigenvalue weighted by Gasteiger charge is -2.07. The van der Waals surface area contributed by atoms with Crippen molar-refractivity contribution in [1.29, 1.82) is 0 Å². The van der Waals surface area contributed by atoms with Crippen LogP contribution in [0.3, 0.4) is 0 Å². The summed E-state index contributed by atoms with van der Waals surface area (Å²) in [4.78, 5) is 11.1. The summed E-state index contributed by atoms with van der Waals surface area (Å²) >= 11 is 5.22. The van der Waals surface area contributed by atoms with E-state index < -0.39 is 0 Å². The molecule has 1 heterocycles. The quantitative estimate of drug-likeness (QED) is 0.213. The van der Waals surface area contributed by atoms with E-state index in [2.05, 4.69) is 58.4 Å². The van der Waals surface area contributed by atoms with E-state index in [0.29, 0.717) is 5.56 Å². The molecule has 5 heteroatoms. The number of thiophene rings is 1. The summed E-state index contributed by atoms with van der Waals surface area (Å²) in [7, 11) is 0. The van der Waals surface area contributed by atoms with Crippen LogP contribution in [-0.4, -0.2) is 4.92 Å². The van der Waals surface area contributed by atoms with Crippen molar-refractivity contribution in [2.45, 2.75) is 0 Å². The highest BCUT2D eigenvalue weighted by atomic mass is 79.9. The summed E-state index contributed by atoms with van der Waals surface area (Å²) in [5, 5.41) is 16.2. The van der Waals surface area contributed by atoms with Gasteiger partial charge in [-0.2, -0.15) is 0 Å².